The number of carbonyl (C=O) groups excluding carboxylic acids is 1. The lowest BCUT2D eigenvalue weighted by Crippen LogP contribution is -2.44. The Balaban J connectivity index is 1.63. The molecular weight excluding hydrogens is 446 g/mol. The fourth-order valence-corrected chi connectivity index (χ4v) is 3.82. The van der Waals surface area contributed by atoms with Crippen molar-refractivity contribution in [1.82, 2.24) is 25.7 Å². The fourth-order valence-electron chi connectivity index (χ4n) is 2.93. The number of nitrogens with one attached hydrogen (secondary N) is 1. The predicted molar refractivity (Wildman–Crippen MR) is 121 cm³/mol. The maximum atomic E-state index is 12.5. The van der Waals surface area contributed by atoms with E-state index in [4.69, 9.17) is 9.26 Å². The molecule has 0 spiro atoms. The van der Waals surface area contributed by atoms with E-state index in [-0.39, 0.29) is 30.4 Å². The van der Waals surface area contributed by atoms with Crippen LogP contribution in [0.5, 0.6) is 5.88 Å². The summed E-state index contributed by atoms with van der Waals surface area (Å²) in [7, 11) is -3.12. The second-order valence-corrected chi connectivity index (χ2v) is 10.8. The Morgan fingerprint density at radius 3 is 2.52 bits per heavy atom. The lowest BCUT2D eigenvalue weighted by atomic mass is 10.0. The van der Waals surface area contributed by atoms with Crippen LogP contribution in [-0.4, -0.2) is 52.2 Å². The van der Waals surface area contributed by atoms with Crippen molar-refractivity contribution in [1.29, 1.82) is 0 Å². The zero-order valence-electron chi connectivity index (χ0n) is 19.2. The molecule has 10 nitrogen and oxygen atoms in total. The molecule has 0 saturated carbocycles. The number of pyridine rings is 1. The van der Waals surface area contributed by atoms with Gasteiger partial charge in [0.1, 0.15) is 27.9 Å². The molecule has 0 aromatic carbocycles. The molecule has 1 amide bonds. The molecule has 3 heterocycles. The van der Waals surface area contributed by atoms with Crippen LogP contribution in [0.25, 0.3) is 11.3 Å². The molecule has 1 N–H and O–H groups in total. The molecule has 176 valence electrons. The van der Waals surface area contributed by atoms with Gasteiger partial charge in [0.25, 0.3) is 5.91 Å². The number of hydrogen-bond donors (Lipinski definition) is 1. The SMILES string of the molecule is Cc1ccc(-c2noc(C)c2COc2ccc(C(=O)NC(C)(C)CCS(C)(=O)=O)nn2)cn1. The number of sulfone groups is 1. The van der Waals surface area contributed by atoms with Crippen LogP contribution in [0.4, 0.5) is 0 Å². The molecule has 3 rings (SSSR count). The van der Waals surface area contributed by atoms with Crippen LogP contribution in [0.15, 0.2) is 35.0 Å². The van der Waals surface area contributed by atoms with Crippen molar-refractivity contribution in [3.8, 4) is 17.1 Å². The maximum Gasteiger partial charge on any atom is 0.272 e. The van der Waals surface area contributed by atoms with Crippen LogP contribution in [0.2, 0.25) is 0 Å². The van der Waals surface area contributed by atoms with Gasteiger partial charge < -0.3 is 14.6 Å². The van der Waals surface area contributed by atoms with E-state index in [0.29, 0.717) is 11.5 Å². The lowest BCUT2D eigenvalue weighted by molar-refractivity contribution is 0.0905. The number of ether oxygens (including phenoxy) is 1. The van der Waals surface area contributed by atoms with Gasteiger partial charge in [-0.3, -0.25) is 9.78 Å². The first-order chi connectivity index (χ1) is 15.4. The summed E-state index contributed by atoms with van der Waals surface area (Å²) in [6.45, 7) is 7.35. The summed E-state index contributed by atoms with van der Waals surface area (Å²) in [6.07, 6.45) is 3.17. The molecule has 0 saturated heterocycles. The summed E-state index contributed by atoms with van der Waals surface area (Å²) in [6, 6.07) is 6.84. The maximum absolute atomic E-state index is 12.5. The Morgan fingerprint density at radius 2 is 1.91 bits per heavy atom. The van der Waals surface area contributed by atoms with Gasteiger partial charge in [-0.15, -0.1) is 10.2 Å². The van der Waals surface area contributed by atoms with Gasteiger partial charge in [-0.1, -0.05) is 5.16 Å². The normalized spacial score (nSPS) is 11.9. The average molecular weight is 474 g/mol. The van der Waals surface area contributed by atoms with Gasteiger partial charge in [-0.25, -0.2) is 8.42 Å². The molecule has 0 atom stereocenters. The minimum absolute atomic E-state index is 0.0261. The summed E-state index contributed by atoms with van der Waals surface area (Å²) in [5.41, 5.74) is 2.49. The fraction of sp³-hybridized carbons (Fsp3) is 0.409. The van der Waals surface area contributed by atoms with E-state index >= 15 is 0 Å². The van der Waals surface area contributed by atoms with E-state index < -0.39 is 21.3 Å². The first-order valence-corrected chi connectivity index (χ1v) is 12.3. The third-order valence-electron chi connectivity index (χ3n) is 4.96. The van der Waals surface area contributed by atoms with Crippen molar-refractivity contribution in [2.24, 2.45) is 0 Å². The van der Waals surface area contributed by atoms with Crippen LogP contribution >= 0.6 is 0 Å². The van der Waals surface area contributed by atoms with Gasteiger partial charge in [0.05, 0.1) is 11.3 Å². The number of amides is 1. The molecule has 0 aliphatic rings. The lowest BCUT2D eigenvalue weighted by Gasteiger charge is -2.25. The Morgan fingerprint density at radius 1 is 1.15 bits per heavy atom. The Labute approximate surface area is 192 Å². The van der Waals surface area contributed by atoms with Crippen LogP contribution < -0.4 is 10.1 Å². The van der Waals surface area contributed by atoms with E-state index in [0.717, 1.165) is 23.1 Å². The molecule has 11 heteroatoms. The van der Waals surface area contributed by atoms with E-state index in [1.165, 1.54) is 6.07 Å². The molecule has 3 aromatic heterocycles. The molecule has 0 bridgehead atoms. The number of nitrogens with zero attached hydrogens (tertiary/aromatic N) is 4. The van der Waals surface area contributed by atoms with Crippen LogP contribution in [0, 0.1) is 13.8 Å². The van der Waals surface area contributed by atoms with Gasteiger partial charge in [-0.05, 0) is 52.3 Å². The Hall–Kier alpha value is -3.34. The first kappa shape index (κ1) is 24.3. The largest absolute Gasteiger partial charge is 0.472 e. The minimum atomic E-state index is -3.12. The van der Waals surface area contributed by atoms with E-state index in [1.807, 2.05) is 19.1 Å². The summed E-state index contributed by atoms with van der Waals surface area (Å²) in [4.78, 5) is 16.8. The Kier molecular flexibility index (Phi) is 7.11. The molecule has 3 aromatic rings. The highest BCUT2D eigenvalue weighted by Crippen LogP contribution is 2.26. The standard InChI is InChI=1S/C22H27N5O5S/c1-14-6-7-16(12-23-14)20-17(15(2)32-27-20)13-31-19-9-8-18(25-26-19)21(28)24-22(3,4)10-11-33(5,29)30/h6-9,12H,10-11,13H2,1-5H3,(H,24,28). The van der Waals surface area contributed by atoms with Crippen molar-refractivity contribution >= 4 is 15.7 Å². The number of aryl methyl sites for hydroxylation is 2. The van der Waals surface area contributed by atoms with Crippen LogP contribution in [0.1, 0.15) is 47.8 Å². The van der Waals surface area contributed by atoms with Crippen LogP contribution in [0.3, 0.4) is 0 Å². The highest BCUT2D eigenvalue weighted by atomic mass is 32.2. The number of rotatable bonds is 9. The molecule has 33 heavy (non-hydrogen) atoms. The molecule has 0 fully saturated rings. The monoisotopic (exact) mass is 473 g/mol. The first-order valence-electron chi connectivity index (χ1n) is 10.3. The van der Waals surface area contributed by atoms with Gasteiger partial charge in [0.15, 0.2) is 5.69 Å². The van der Waals surface area contributed by atoms with Crippen molar-refractivity contribution in [2.45, 2.75) is 46.3 Å². The second kappa shape index (κ2) is 9.65. The molecule has 0 aliphatic carbocycles. The van der Waals surface area contributed by atoms with Crippen molar-refractivity contribution in [3.63, 3.8) is 0 Å². The predicted octanol–water partition coefficient (Wildman–Crippen LogP) is 2.67. The van der Waals surface area contributed by atoms with Crippen LogP contribution in [-0.2, 0) is 16.4 Å². The highest BCUT2D eigenvalue weighted by Gasteiger charge is 2.24. The highest BCUT2D eigenvalue weighted by molar-refractivity contribution is 7.90. The second-order valence-electron chi connectivity index (χ2n) is 8.52. The van der Waals surface area contributed by atoms with E-state index in [2.05, 4.69) is 25.7 Å². The zero-order chi connectivity index (χ0) is 24.2. The van der Waals surface area contributed by atoms with E-state index in [9.17, 15) is 13.2 Å². The number of carbonyl (C=O) groups is 1. The quantitative estimate of drug-likeness (QED) is 0.497. The summed E-state index contributed by atoms with van der Waals surface area (Å²) in [5, 5.41) is 14.8. The van der Waals surface area contributed by atoms with Gasteiger partial charge in [-0.2, -0.15) is 0 Å². The Bertz CT molecular complexity index is 1220. The third-order valence-corrected chi connectivity index (χ3v) is 5.90. The van der Waals surface area contributed by atoms with Gasteiger partial charge in [0, 0.05) is 35.3 Å². The minimum Gasteiger partial charge on any atom is -0.472 e. The molecule has 0 unspecified atom stereocenters. The molecule has 0 radical (unpaired) electrons. The summed E-state index contributed by atoms with van der Waals surface area (Å²) < 4.78 is 33.8. The molecular formula is C22H27N5O5S. The third kappa shape index (κ3) is 6.82. The van der Waals surface area contributed by atoms with Gasteiger partial charge >= 0.3 is 0 Å². The molecule has 0 aliphatic heterocycles. The number of hydrogen-bond acceptors (Lipinski definition) is 9. The summed E-state index contributed by atoms with van der Waals surface area (Å²) >= 11 is 0. The van der Waals surface area contributed by atoms with Crippen molar-refractivity contribution in [2.75, 3.05) is 12.0 Å². The topological polar surface area (TPSA) is 137 Å². The van der Waals surface area contributed by atoms with Crippen molar-refractivity contribution < 1.29 is 22.5 Å². The summed E-state index contributed by atoms with van der Waals surface area (Å²) in [5.74, 6) is 0.376. The number of aromatic nitrogens is 4. The van der Waals surface area contributed by atoms with E-state index in [1.54, 1.807) is 33.0 Å². The average Bonchev–Trinajstić information content (AvgIpc) is 3.11. The van der Waals surface area contributed by atoms with Crippen molar-refractivity contribution in [3.05, 3.63) is 53.2 Å². The van der Waals surface area contributed by atoms with Gasteiger partial charge in [0.2, 0.25) is 5.88 Å². The smallest absolute Gasteiger partial charge is 0.272 e. The zero-order valence-corrected chi connectivity index (χ0v) is 20.1.